The first-order valence-electron chi connectivity index (χ1n) is 8.68. The van der Waals surface area contributed by atoms with Gasteiger partial charge in [-0.15, -0.1) is 0 Å². The van der Waals surface area contributed by atoms with Gasteiger partial charge in [0.1, 0.15) is 13.2 Å². The predicted octanol–water partition coefficient (Wildman–Crippen LogP) is 3.35. The van der Waals surface area contributed by atoms with Crippen molar-refractivity contribution in [1.82, 2.24) is 0 Å². The number of fused-ring (bicyclic) bond motifs is 1. The van der Waals surface area contributed by atoms with Crippen LogP contribution in [-0.4, -0.2) is 31.2 Å². The number of ether oxygens (including phenoxy) is 3. The number of rotatable bonds is 5. The van der Waals surface area contributed by atoms with Crippen LogP contribution in [0.5, 0.6) is 11.5 Å². The maximum Gasteiger partial charge on any atom is 0.331 e. The van der Waals surface area contributed by atoms with E-state index in [0.29, 0.717) is 30.4 Å². The van der Waals surface area contributed by atoms with E-state index in [1.54, 1.807) is 24.3 Å². The van der Waals surface area contributed by atoms with Gasteiger partial charge in [-0.3, -0.25) is 4.79 Å². The van der Waals surface area contributed by atoms with Crippen LogP contribution < -0.4 is 14.8 Å². The Morgan fingerprint density at radius 3 is 2.63 bits per heavy atom. The van der Waals surface area contributed by atoms with Crippen molar-refractivity contribution in [2.75, 3.05) is 18.5 Å². The van der Waals surface area contributed by atoms with E-state index in [0.717, 1.165) is 11.1 Å². The third-order valence-electron chi connectivity index (χ3n) is 4.06. The second-order valence-electron chi connectivity index (χ2n) is 6.12. The summed E-state index contributed by atoms with van der Waals surface area (Å²) in [5.41, 5.74) is 2.51. The molecule has 1 heterocycles. The zero-order valence-corrected chi connectivity index (χ0v) is 15.2. The van der Waals surface area contributed by atoms with E-state index in [4.69, 9.17) is 14.2 Å². The molecular weight excluding hydrogens is 346 g/mol. The normalized spacial score (nSPS) is 13.9. The lowest BCUT2D eigenvalue weighted by molar-refractivity contribution is -0.148. The van der Waals surface area contributed by atoms with Gasteiger partial charge in [0.2, 0.25) is 0 Å². The molecule has 0 radical (unpaired) electrons. The summed E-state index contributed by atoms with van der Waals surface area (Å²) in [4.78, 5) is 24.2. The van der Waals surface area contributed by atoms with Crippen molar-refractivity contribution in [3.8, 4) is 11.5 Å². The van der Waals surface area contributed by atoms with Gasteiger partial charge in [-0.25, -0.2) is 4.79 Å². The van der Waals surface area contributed by atoms with Crippen LogP contribution in [0.4, 0.5) is 5.69 Å². The molecular formula is C21H21NO5. The minimum atomic E-state index is -0.938. The van der Waals surface area contributed by atoms with Gasteiger partial charge in [-0.1, -0.05) is 24.3 Å². The summed E-state index contributed by atoms with van der Waals surface area (Å²) in [7, 11) is 0. The van der Waals surface area contributed by atoms with Gasteiger partial charge in [0.15, 0.2) is 17.6 Å². The third kappa shape index (κ3) is 4.88. The molecule has 0 unspecified atom stereocenters. The zero-order valence-electron chi connectivity index (χ0n) is 15.2. The number of hydrogen-bond acceptors (Lipinski definition) is 5. The molecule has 6 nitrogen and oxygen atoms in total. The molecule has 27 heavy (non-hydrogen) atoms. The molecule has 2 aromatic rings. The van der Waals surface area contributed by atoms with E-state index < -0.39 is 18.0 Å². The number of esters is 1. The lowest BCUT2D eigenvalue weighted by Gasteiger charge is -2.19. The van der Waals surface area contributed by atoms with E-state index in [-0.39, 0.29) is 0 Å². The van der Waals surface area contributed by atoms with Gasteiger partial charge in [0.25, 0.3) is 5.91 Å². The molecule has 0 saturated carbocycles. The van der Waals surface area contributed by atoms with Crippen molar-refractivity contribution in [2.45, 2.75) is 20.0 Å². The summed E-state index contributed by atoms with van der Waals surface area (Å²) in [5, 5.41) is 2.70. The lowest BCUT2D eigenvalue weighted by atomic mass is 10.1. The van der Waals surface area contributed by atoms with E-state index in [1.165, 1.54) is 13.0 Å². The Labute approximate surface area is 157 Å². The van der Waals surface area contributed by atoms with Crippen LogP contribution >= 0.6 is 0 Å². The fourth-order valence-corrected chi connectivity index (χ4v) is 2.56. The average molecular weight is 367 g/mol. The molecule has 140 valence electrons. The van der Waals surface area contributed by atoms with E-state index in [9.17, 15) is 9.59 Å². The number of benzene rings is 2. The molecule has 0 aromatic heterocycles. The third-order valence-corrected chi connectivity index (χ3v) is 4.06. The highest BCUT2D eigenvalue weighted by Crippen LogP contribution is 2.32. The molecule has 3 rings (SSSR count). The number of nitrogens with one attached hydrogen (secondary N) is 1. The minimum Gasteiger partial charge on any atom is -0.486 e. The summed E-state index contributed by atoms with van der Waals surface area (Å²) >= 11 is 0. The molecule has 1 aliphatic rings. The first-order chi connectivity index (χ1) is 13.0. The van der Waals surface area contributed by atoms with Gasteiger partial charge in [0.05, 0.1) is 0 Å². The average Bonchev–Trinajstić information content (AvgIpc) is 2.67. The smallest absolute Gasteiger partial charge is 0.331 e. The number of carbonyl (C=O) groups is 2. The molecule has 1 N–H and O–H groups in total. The van der Waals surface area contributed by atoms with Gasteiger partial charge in [-0.2, -0.15) is 0 Å². The maximum absolute atomic E-state index is 12.3. The SMILES string of the molecule is Cc1ccccc1/C=C/C(=O)O[C@H](C)C(=O)Nc1ccc2c(c1)OCCO2. The quantitative estimate of drug-likeness (QED) is 0.648. The number of aryl methyl sites for hydroxylation is 1. The molecule has 1 aliphatic heterocycles. The van der Waals surface area contributed by atoms with Gasteiger partial charge in [0, 0.05) is 17.8 Å². The highest BCUT2D eigenvalue weighted by atomic mass is 16.6. The highest BCUT2D eigenvalue weighted by molar-refractivity contribution is 5.96. The first-order valence-corrected chi connectivity index (χ1v) is 8.68. The molecule has 0 saturated heterocycles. The molecule has 0 fully saturated rings. The van der Waals surface area contributed by atoms with Crippen molar-refractivity contribution in [1.29, 1.82) is 0 Å². The summed E-state index contributed by atoms with van der Waals surface area (Å²) in [5.74, 6) is 0.206. The molecule has 0 spiro atoms. The van der Waals surface area contributed by atoms with E-state index in [1.807, 2.05) is 31.2 Å². The molecule has 1 amide bonds. The second kappa shape index (κ2) is 8.40. The molecule has 2 aromatic carbocycles. The Hall–Kier alpha value is -3.28. The van der Waals surface area contributed by atoms with Crippen LogP contribution in [0.3, 0.4) is 0 Å². The topological polar surface area (TPSA) is 73.9 Å². The Kier molecular flexibility index (Phi) is 5.76. The van der Waals surface area contributed by atoms with E-state index in [2.05, 4.69) is 5.32 Å². The Bertz CT molecular complexity index is 875. The Morgan fingerprint density at radius 1 is 1.11 bits per heavy atom. The fourth-order valence-electron chi connectivity index (χ4n) is 2.56. The van der Waals surface area contributed by atoms with Gasteiger partial charge >= 0.3 is 5.97 Å². The van der Waals surface area contributed by atoms with Crippen molar-refractivity contribution in [3.05, 3.63) is 59.7 Å². The predicted molar refractivity (Wildman–Crippen MR) is 102 cm³/mol. The summed E-state index contributed by atoms with van der Waals surface area (Å²) < 4.78 is 16.1. The van der Waals surface area contributed by atoms with Crippen LogP contribution in [0.2, 0.25) is 0 Å². The van der Waals surface area contributed by atoms with E-state index >= 15 is 0 Å². The number of carbonyl (C=O) groups excluding carboxylic acids is 2. The minimum absolute atomic E-state index is 0.427. The monoisotopic (exact) mass is 367 g/mol. The van der Waals surface area contributed by atoms with Crippen LogP contribution in [0.25, 0.3) is 6.08 Å². The van der Waals surface area contributed by atoms with Crippen molar-refractivity contribution in [3.63, 3.8) is 0 Å². The number of hydrogen-bond donors (Lipinski definition) is 1. The van der Waals surface area contributed by atoms with Crippen LogP contribution in [0.15, 0.2) is 48.5 Å². The van der Waals surface area contributed by atoms with Crippen molar-refractivity contribution in [2.24, 2.45) is 0 Å². The molecule has 0 aliphatic carbocycles. The highest BCUT2D eigenvalue weighted by Gasteiger charge is 2.18. The second-order valence-corrected chi connectivity index (χ2v) is 6.12. The van der Waals surface area contributed by atoms with Crippen LogP contribution in [0.1, 0.15) is 18.1 Å². The lowest BCUT2D eigenvalue weighted by Crippen LogP contribution is -2.29. The van der Waals surface area contributed by atoms with Crippen LogP contribution in [0, 0.1) is 6.92 Å². The molecule has 6 heteroatoms. The molecule has 1 atom stereocenters. The van der Waals surface area contributed by atoms with Crippen molar-refractivity contribution < 1.29 is 23.8 Å². The van der Waals surface area contributed by atoms with Gasteiger partial charge < -0.3 is 19.5 Å². The fraction of sp³-hybridized carbons (Fsp3) is 0.238. The zero-order chi connectivity index (χ0) is 19.2. The summed E-state index contributed by atoms with van der Waals surface area (Å²) in [6.45, 7) is 4.44. The first kappa shape index (κ1) is 18.5. The number of anilines is 1. The molecule has 0 bridgehead atoms. The Balaban J connectivity index is 1.56. The van der Waals surface area contributed by atoms with Gasteiger partial charge in [-0.05, 0) is 43.2 Å². The summed E-state index contributed by atoms with van der Waals surface area (Å²) in [6.07, 6.45) is 2.05. The maximum atomic E-state index is 12.3. The van der Waals surface area contributed by atoms with Crippen LogP contribution in [-0.2, 0) is 14.3 Å². The Morgan fingerprint density at radius 2 is 1.85 bits per heavy atom. The standard InChI is InChI=1S/C21H21NO5/c1-14-5-3-4-6-16(14)7-10-20(23)27-15(2)21(24)22-17-8-9-18-19(13-17)26-12-11-25-18/h3-10,13,15H,11-12H2,1-2H3,(H,22,24)/b10-7+/t15-/m1/s1. The largest absolute Gasteiger partial charge is 0.486 e. The summed E-state index contributed by atoms with van der Waals surface area (Å²) in [6, 6.07) is 12.8. The number of amides is 1. The van der Waals surface area contributed by atoms with Crippen molar-refractivity contribution >= 4 is 23.6 Å².